The first-order chi connectivity index (χ1) is 18.3. The predicted octanol–water partition coefficient (Wildman–Crippen LogP) is 8.24. The maximum Gasteiger partial charge on any atom is 0.344 e. The molecule has 0 bridgehead atoms. The fourth-order valence-electron chi connectivity index (χ4n) is 4.79. The van der Waals surface area contributed by atoms with E-state index in [0.29, 0.717) is 17.9 Å². The summed E-state index contributed by atoms with van der Waals surface area (Å²) < 4.78 is 11.9. The zero-order chi connectivity index (χ0) is 26.8. The number of esters is 1. The first-order valence-electron chi connectivity index (χ1n) is 12.8. The maximum absolute atomic E-state index is 13.7. The zero-order valence-electron chi connectivity index (χ0n) is 22.5. The van der Waals surface area contributed by atoms with Crippen molar-refractivity contribution in [1.82, 2.24) is 4.98 Å². The average molecular weight is 502 g/mol. The summed E-state index contributed by atoms with van der Waals surface area (Å²) in [7, 11) is 0. The average Bonchev–Trinajstić information content (AvgIpc) is 2.90. The standard InChI is InChI=1S/C34H31NO3/c1-21-18-23(3)32-29(19-21)31(34(36)38-30-13-9-10-22(2)24(30)4)25(5)33(35-32)27-14-16-28(17-15-27)37-20-26-11-7-6-8-12-26/h6-19H,20H2,1-5H3. The van der Waals surface area contributed by atoms with Gasteiger partial charge in [0.2, 0.25) is 0 Å². The number of fused-ring (bicyclic) bond motifs is 1. The molecule has 0 unspecified atom stereocenters. The summed E-state index contributed by atoms with van der Waals surface area (Å²) in [4.78, 5) is 18.8. The van der Waals surface area contributed by atoms with E-state index in [1.165, 1.54) is 0 Å². The van der Waals surface area contributed by atoms with Crippen molar-refractivity contribution in [2.75, 3.05) is 0 Å². The van der Waals surface area contributed by atoms with Crippen LogP contribution < -0.4 is 9.47 Å². The molecule has 0 radical (unpaired) electrons. The SMILES string of the molecule is Cc1cc(C)c2nc(-c3ccc(OCc4ccccc4)cc3)c(C)c(C(=O)Oc3cccc(C)c3C)c2c1. The molecule has 5 aromatic rings. The molecular weight excluding hydrogens is 470 g/mol. The lowest BCUT2D eigenvalue weighted by molar-refractivity contribution is 0.0735. The topological polar surface area (TPSA) is 48.4 Å². The van der Waals surface area contributed by atoms with Crippen molar-refractivity contribution in [2.45, 2.75) is 41.2 Å². The number of hydrogen-bond acceptors (Lipinski definition) is 4. The van der Waals surface area contributed by atoms with Gasteiger partial charge in [-0.25, -0.2) is 9.78 Å². The van der Waals surface area contributed by atoms with Crippen LogP contribution in [0, 0.1) is 34.6 Å². The Morgan fingerprint density at radius 3 is 2.24 bits per heavy atom. The minimum absolute atomic E-state index is 0.377. The van der Waals surface area contributed by atoms with Gasteiger partial charge in [-0.1, -0.05) is 54.1 Å². The Morgan fingerprint density at radius 1 is 0.763 bits per heavy atom. The molecule has 0 aliphatic heterocycles. The van der Waals surface area contributed by atoms with E-state index in [2.05, 4.69) is 6.07 Å². The summed E-state index contributed by atoms with van der Waals surface area (Å²) in [6, 6.07) is 27.8. The molecule has 1 heterocycles. The second-order valence-corrected chi connectivity index (χ2v) is 9.82. The number of nitrogens with zero attached hydrogens (tertiary/aromatic N) is 1. The Hall–Kier alpha value is -4.44. The number of hydrogen-bond donors (Lipinski definition) is 0. The molecule has 0 aliphatic carbocycles. The van der Waals surface area contributed by atoms with Gasteiger partial charge in [0.25, 0.3) is 0 Å². The maximum atomic E-state index is 13.7. The van der Waals surface area contributed by atoms with Crippen molar-refractivity contribution in [3.8, 4) is 22.8 Å². The summed E-state index contributed by atoms with van der Waals surface area (Å²) in [6.07, 6.45) is 0. The fourth-order valence-corrected chi connectivity index (χ4v) is 4.79. The lowest BCUT2D eigenvalue weighted by atomic mass is 9.95. The molecule has 1 aromatic heterocycles. The van der Waals surface area contributed by atoms with Gasteiger partial charge in [0.15, 0.2) is 0 Å². The van der Waals surface area contributed by atoms with Crippen LogP contribution in [0.3, 0.4) is 0 Å². The Morgan fingerprint density at radius 2 is 1.50 bits per heavy atom. The van der Waals surface area contributed by atoms with Gasteiger partial charge >= 0.3 is 5.97 Å². The first-order valence-corrected chi connectivity index (χ1v) is 12.8. The number of ether oxygens (including phenoxy) is 2. The van der Waals surface area contributed by atoms with E-state index in [-0.39, 0.29) is 5.97 Å². The molecule has 0 atom stereocenters. The molecule has 5 rings (SSSR count). The normalized spacial score (nSPS) is 11.0. The van der Waals surface area contributed by atoms with Crippen molar-refractivity contribution in [2.24, 2.45) is 0 Å². The summed E-state index contributed by atoms with van der Waals surface area (Å²) in [5, 5.41) is 0.807. The van der Waals surface area contributed by atoms with Gasteiger partial charge in [0.05, 0.1) is 16.8 Å². The quantitative estimate of drug-likeness (QED) is 0.174. The molecule has 4 heteroatoms. The third kappa shape index (κ3) is 5.03. The highest BCUT2D eigenvalue weighted by Gasteiger charge is 2.22. The Bertz CT molecular complexity index is 1640. The number of carbonyl (C=O) groups is 1. The largest absolute Gasteiger partial charge is 0.489 e. The van der Waals surface area contributed by atoms with Gasteiger partial charge in [0, 0.05) is 10.9 Å². The van der Waals surface area contributed by atoms with E-state index in [9.17, 15) is 4.79 Å². The third-order valence-corrected chi connectivity index (χ3v) is 7.01. The molecule has 0 saturated carbocycles. The molecule has 4 nitrogen and oxygen atoms in total. The minimum Gasteiger partial charge on any atom is -0.489 e. The smallest absolute Gasteiger partial charge is 0.344 e. The molecule has 4 aromatic carbocycles. The molecule has 0 spiro atoms. The van der Waals surface area contributed by atoms with Crippen LogP contribution in [0.1, 0.15) is 43.7 Å². The van der Waals surface area contributed by atoms with E-state index < -0.39 is 0 Å². The van der Waals surface area contributed by atoms with Crippen LogP contribution in [0.25, 0.3) is 22.2 Å². The molecule has 38 heavy (non-hydrogen) atoms. The molecule has 0 fully saturated rings. The van der Waals surface area contributed by atoms with Crippen molar-refractivity contribution in [3.63, 3.8) is 0 Å². The number of aromatic nitrogens is 1. The van der Waals surface area contributed by atoms with Gasteiger partial charge < -0.3 is 9.47 Å². The van der Waals surface area contributed by atoms with Crippen molar-refractivity contribution >= 4 is 16.9 Å². The van der Waals surface area contributed by atoms with Crippen molar-refractivity contribution < 1.29 is 14.3 Å². The molecular formula is C34H31NO3. The predicted molar refractivity (Wildman–Crippen MR) is 153 cm³/mol. The number of pyridine rings is 1. The molecule has 0 aliphatic rings. The van der Waals surface area contributed by atoms with Gasteiger partial charge in [0.1, 0.15) is 18.1 Å². The fraction of sp³-hybridized carbons (Fsp3) is 0.176. The highest BCUT2D eigenvalue weighted by atomic mass is 16.5. The van der Waals surface area contributed by atoms with E-state index in [1.807, 2.05) is 113 Å². The van der Waals surface area contributed by atoms with Gasteiger partial charge in [-0.05, 0) is 98.8 Å². The van der Waals surface area contributed by atoms with E-state index in [4.69, 9.17) is 14.5 Å². The minimum atomic E-state index is -0.377. The van der Waals surface area contributed by atoms with Gasteiger partial charge in [-0.15, -0.1) is 0 Å². The lowest BCUT2D eigenvalue weighted by Gasteiger charge is -2.17. The lowest BCUT2D eigenvalue weighted by Crippen LogP contribution is -2.14. The van der Waals surface area contributed by atoms with E-state index in [0.717, 1.165) is 61.3 Å². The Kier molecular flexibility index (Phi) is 6.97. The zero-order valence-corrected chi connectivity index (χ0v) is 22.5. The van der Waals surface area contributed by atoms with Crippen LogP contribution in [-0.2, 0) is 6.61 Å². The highest BCUT2D eigenvalue weighted by Crippen LogP contribution is 2.34. The van der Waals surface area contributed by atoms with Gasteiger partial charge in [-0.3, -0.25) is 0 Å². The van der Waals surface area contributed by atoms with Crippen LogP contribution in [0.5, 0.6) is 11.5 Å². The van der Waals surface area contributed by atoms with Gasteiger partial charge in [-0.2, -0.15) is 0 Å². The Labute approximate surface area is 223 Å². The second-order valence-electron chi connectivity index (χ2n) is 9.82. The van der Waals surface area contributed by atoms with E-state index in [1.54, 1.807) is 0 Å². The van der Waals surface area contributed by atoms with Crippen LogP contribution in [0.4, 0.5) is 0 Å². The van der Waals surface area contributed by atoms with Crippen LogP contribution in [-0.4, -0.2) is 11.0 Å². The number of benzene rings is 4. The molecule has 0 N–H and O–H groups in total. The van der Waals surface area contributed by atoms with Crippen molar-refractivity contribution in [3.05, 3.63) is 124 Å². The molecule has 0 amide bonds. The highest BCUT2D eigenvalue weighted by molar-refractivity contribution is 6.08. The number of carbonyl (C=O) groups excluding carboxylic acids is 1. The molecule has 190 valence electrons. The number of rotatable bonds is 6. The molecule has 0 saturated heterocycles. The number of aryl methyl sites for hydroxylation is 3. The summed E-state index contributed by atoms with van der Waals surface area (Å²) in [6.45, 7) is 10.5. The second kappa shape index (κ2) is 10.5. The van der Waals surface area contributed by atoms with Crippen molar-refractivity contribution in [1.29, 1.82) is 0 Å². The van der Waals surface area contributed by atoms with Crippen LogP contribution in [0.2, 0.25) is 0 Å². The first kappa shape index (κ1) is 25.2. The van der Waals surface area contributed by atoms with Crippen LogP contribution in [0.15, 0.2) is 84.9 Å². The van der Waals surface area contributed by atoms with Crippen LogP contribution >= 0.6 is 0 Å². The Balaban J connectivity index is 1.55. The monoisotopic (exact) mass is 501 g/mol. The summed E-state index contributed by atoms with van der Waals surface area (Å²) in [5.74, 6) is 0.972. The summed E-state index contributed by atoms with van der Waals surface area (Å²) in [5.41, 5.74) is 9.04. The summed E-state index contributed by atoms with van der Waals surface area (Å²) >= 11 is 0. The third-order valence-electron chi connectivity index (χ3n) is 7.01. The van der Waals surface area contributed by atoms with E-state index >= 15 is 0 Å².